The number of alkyl halides is 4. The van der Waals surface area contributed by atoms with Crippen LogP contribution in [0, 0.1) is 22.7 Å². The van der Waals surface area contributed by atoms with Gasteiger partial charge in [-0.15, -0.1) is 17.6 Å². The van der Waals surface area contributed by atoms with Gasteiger partial charge >= 0.3 is 12.6 Å². The molecular formula is C20H12F4N2O4. The van der Waals surface area contributed by atoms with E-state index in [1.165, 1.54) is 24.3 Å². The second-order valence-electron chi connectivity index (χ2n) is 6.81. The zero-order chi connectivity index (χ0) is 21.6. The molecule has 0 spiro atoms. The molecule has 3 aliphatic rings. The molecule has 5 rings (SSSR count). The van der Waals surface area contributed by atoms with Crippen LogP contribution in [0.15, 0.2) is 36.4 Å². The van der Waals surface area contributed by atoms with Crippen LogP contribution in [0.1, 0.15) is 24.0 Å². The Hall–Kier alpha value is -3.66. The summed E-state index contributed by atoms with van der Waals surface area (Å²) >= 11 is 0. The molecule has 0 atom stereocenters. The summed E-state index contributed by atoms with van der Waals surface area (Å²) in [5, 5.41) is 17.4. The van der Waals surface area contributed by atoms with Crippen molar-refractivity contribution in [3.8, 4) is 35.1 Å². The molecule has 0 saturated heterocycles. The molecule has 1 saturated carbocycles. The normalized spacial score (nSPS) is 19.7. The first kappa shape index (κ1) is 19.6. The quantitative estimate of drug-likeness (QED) is 0.654. The summed E-state index contributed by atoms with van der Waals surface area (Å²) in [4.78, 5) is 0. The van der Waals surface area contributed by atoms with Crippen LogP contribution in [0.5, 0.6) is 23.0 Å². The van der Waals surface area contributed by atoms with Gasteiger partial charge in [-0.3, -0.25) is 0 Å². The smallest absolute Gasteiger partial charge is 0.395 e. The van der Waals surface area contributed by atoms with Gasteiger partial charge in [0.2, 0.25) is 0 Å². The van der Waals surface area contributed by atoms with Gasteiger partial charge in [-0.05, 0) is 48.2 Å². The molecule has 30 heavy (non-hydrogen) atoms. The average Bonchev–Trinajstić information content (AvgIpc) is 3.31. The molecule has 2 heterocycles. The minimum atomic E-state index is -3.59. The fourth-order valence-corrected chi connectivity index (χ4v) is 3.03. The van der Waals surface area contributed by atoms with E-state index in [1.54, 1.807) is 12.1 Å². The largest absolute Gasteiger partial charge is 0.586 e. The number of rotatable bonds is 2. The van der Waals surface area contributed by atoms with Gasteiger partial charge in [-0.1, -0.05) is 12.1 Å². The molecule has 154 valence electrons. The van der Waals surface area contributed by atoms with E-state index in [0.717, 1.165) is 18.4 Å². The topological polar surface area (TPSA) is 84.5 Å². The zero-order valence-electron chi connectivity index (χ0n) is 15.1. The maximum atomic E-state index is 12.8. The molecule has 6 nitrogen and oxygen atoms in total. The third-order valence-corrected chi connectivity index (χ3v) is 4.67. The molecule has 10 heteroatoms. The van der Waals surface area contributed by atoms with Gasteiger partial charge in [0.15, 0.2) is 23.0 Å². The molecule has 2 aliphatic heterocycles. The second-order valence-corrected chi connectivity index (χ2v) is 6.81. The molecule has 0 N–H and O–H groups in total. The van der Waals surface area contributed by atoms with Crippen molar-refractivity contribution in [2.24, 2.45) is 0 Å². The number of nitriles is 2. The van der Waals surface area contributed by atoms with E-state index in [0.29, 0.717) is 5.56 Å². The Bertz CT molecular complexity index is 1090. The van der Waals surface area contributed by atoms with Crippen molar-refractivity contribution in [3.63, 3.8) is 0 Å². The summed E-state index contributed by atoms with van der Waals surface area (Å²) in [6, 6.07) is 12.9. The number of nitrogens with zero attached hydrogens (tertiary/aromatic N) is 2. The van der Waals surface area contributed by atoms with Crippen LogP contribution in [-0.4, -0.2) is 12.6 Å². The molecule has 0 aromatic heterocycles. The van der Waals surface area contributed by atoms with Gasteiger partial charge in [-0.25, -0.2) is 0 Å². The Morgan fingerprint density at radius 1 is 0.767 bits per heavy atom. The first-order chi connectivity index (χ1) is 14.2. The third kappa shape index (κ3) is 3.77. The maximum absolute atomic E-state index is 12.8. The van der Waals surface area contributed by atoms with E-state index in [4.69, 9.17) is 10.5 Å². The van der Waals surface area contributed by atoms with E-state index < -0.39 is 18.0 Å². The van der Waals surface area contributed by atoms with Crippen LogP contribution in [0.25, 0.3) is 0 Å². The predicted octanol–water partition coefficient (Wildman–Crippen LogP) is 4.64. The highest BCUT2D eigenvalue weighted by Gasteiger charge is 2.48. The minimum absolute atomic E-state index is 0.00307. The summed E-state index contributed by atoms with van der Waals surface area (Å²) < 4.78 is 67.6. The van der Waals surface area contributed by atoms with Gasteiger partial charge in [0.25, 0.3) is 0 Å². The summed E-state index contributed by atoms with van der Waals surface area (Å²) in [6.45, 7) is 0. The number of halogens is 4. The van der Waals surface area contributed by atoms with Crippen LogP contribution in [0.3, 0.4) is 0 Å². The highest BCUT2D eigenvalue weighted by Crippen LogP contribution is 2.51. The van der Waals surface area contributed by atoms with Gasteiger partial charge in [0.1, 0.15) is 0 Å². The van der Waals surface area contributed by atoms with Gasteiger partial charge < -0.3 is 18.9 Å². The second kappa shape index (κ2) is 6.70. The van der Waals surface area contributed by atoms with Crippen molar-refractivity contribution in [2.45, 2.75) is 37.3 Å². The van der Waals surface area contributed by atoms with E-state index in [9.17, 15) is 17.6 Å². The minimum Gasteiger partial charge on any atom is -0.395 e. The number of benzene rings is 2. The molecular weight excluding hydrogens is 412 g/mol. The van der Waals surface area contributed by atoms with Crippen molar-refractivity contribution in [1.82, 2.24) is 0 Å². The molecule has 0 radical (unpaired) electrons. The van der Waals surface area contributed by atoms with Crippen LogP contribution < -0.4 is 18.9 Å². The lowest BCUT2D eigenvalue weighted by Gasteiger charge is -2.06. The lowest BCUT2D eigenvalue weighted by atomic mass is 10.1. The summed E-state index contributed by atoms with van der Waals surface area (Å²) in [5.74, 6) is -0.00838. The molecule has 1 aliphatic carbocycles. The number of hydrogen-bond donors (Lipinski definition) is 0. The summed E-state index contributed by atoms with van der Waals surface area (Å²) in [7, 11) is 0. The van der Waals surface area contributed by atoms with E-state index in [2.05, 4.69) is 25.0 Å². The Balaban J connectivity index is 0.000000147. The Morgan fingerprint density at radius 2 is 1.30 bits per heavy atom. The fraction of sp³-hybridized carbons (Fsp3) is 0.300. The van der Waals surface area contributed by atoms with Gasteiger partial charge in [0, 0.05) is 0 Å². The van der Waals surface area contributed by atoms with Gasteiger partial charge in [0.05, 0.1) is 24.0 Å². The fourth-order valence-electron chi connectivity index (χ4n) is 3.03. The molecule has 0 unspecified atom stereocenters. The Kier molecular flexibility index (Phi) is 4.39. The summed E-state index contributed by atoms with van der Waals surface area (Å²) in [5.41, 5.74) is 0.832. The lowest BCUT2D eigenvalue weighted by molar-refractivity contribution is -0.287. The highest BCUT2D eigenvalue weighted by atomic mass is 19.3. The van der Waals surface area contributed by atoms with E-state index >= 15 is 0 Å². The van der Waals surface area contributed by atoms with Crippen molar-refractivity contribution >= 4 is 0 Å². The van der Waals surface area contributed by atoms with Crippen molar-refractivity contribution in [3.05, 3.63) is 47.5 Å². The predicted molar refractivity (Wildman–Crippen MR) is 91.1 cm³/mol. The molecule has 2 aromatic rings. The van der Waals surface area contributed by atoms with E-state index in [-0.39, 0.29) is 29.4 Å². The maximum Gasteiger partial charge on any atom is 0.586 e. The SMILES string of the molecule is N#[14C]C1(c2ccc3c(c2)OC(F)(F)O3)CC1.N#[14C]Cc1ccc2c(c1)OC(F)(F)O2. The van der Waals surface area contributed by atoms with Crippen LogP contribution >= 0.6 is 0 Å². The van der Waals surface area contributed by atoms with E-state index in [1.807, 2.05) is 6.07 Å². The number of hydrogen-bond acceptors (Lipinski definition) is 6. The Labute approximate surface area is 167 Å². The third-order valence-electron chi connectivity index (χ3n) is 4.67. The highest BCUT2D eigenvalue weighted by molar-refractivity contribution is 5.50. The Morgan fingerprint density at radius 3 is 1.83 bits per heavy atom. The molecule has 2 aromatic carbocycles. The monoisotopic (exact) mass is 424 g/mol. The average molecular weight is 424 g/mol. The van der Waals surface area contributed by atoms with Crippen molar-refractivity contribution in [2.75, 3.05) is 0 Å². The summed E-state index contributed by atoms with van der Waals surface area (Å²) in [6.07, 6.45) is -5.50. The molecule has 0 amide bonds. The lowest BCUT2D eigenvalue weighted by Crippen LogP contribution is -2.25. The molecule has 1 fully saturated rings. The number of fused-ring (bicyclic) bond motifs is 2. The van der Waals surface area contributed by atoms with Crippen LogP contribution in [-0.2, 0) is 11.8 Å². The van der Waals surface area contributed by atoms with Gasteiger partial charge in [-0.2, -0.15) is 10.5 Å². The van der Waals surface area contributed by atoms with Crippen LogP contribution in [0.2, 0.25) is 0 Å². The standard InChI is InChI=1S/C11H7F2NO2.C9H5F2NO2/c12-11(13)15-8-2-1-7(5-9(8)16-11)10(6-14)3-4-10;10-9(11)13-7-2-1-6(3-4-12)5-8(7)14-9/h1-2,5H,3-4H2;1-2,5H,3H2/i6+2;4+2. The zero-order valence-corrected chi connectivity index (χ0v) is 15.1. The van der Waals surface area contributed by atoms with Crippen LogP contribution in [0.4, 0.5) is 17.6 Å². The number of ether oxygens (including phenoxy) is 4. The molecule has 0 bridgehead atoms. The first-order valence-corrected chi connectivity index (χ1v) is 8.73. The van der Waals surface area contributed by atoms with Crippen molar-refractivity contribution in [1.29, 1.82) is 10.5 Å². The first-order valence-electron chi connectivity index (χ1n) is 8.73. The van der Waals surface area contributed by atoms with Crippen molar-refractivity contribution < 1.29 is 36.5 Å².